The molecular formula is C40H56N10O6S. The largest absolute Gasteiger partial charge is 0.492 e. The summed E-state index contributed by atoms with van der Waals surface area (Å²) in [7, 11) is -3.80. The molecule has 1 unspecified atom stereocenters. The second-order valence-corrected chi connectivity index (χ2v) is 19.7. The Labute approximate surface area is 335 Å². The van der Waals surface area contributed by atoms with Gasteiger partial charge in [-0.15, -0.1) is 0 Å². The lowest BCUT2D eigenvalue weighted by atomic mass is 9.86. The van der Waals surface area contributed by atoms with Gasteiger partial charge in [-0.1, -0.05) is 6.92 Å². The summed E-state index contributed by atoms with van der Waals surface area (Å²) in [6.45, 7) is 21.5. The van der Waals surface area contributed by atoms with Crippen molar-refractivity contribution in [1.82, 2.24) is 39.9 Å². The molecule has 5 heterocycles. The zero-order valence-electron chi connectivity index (χ0n) is 34.5. The number of carbonyl (C=O) groups is 2. The second-order valence-electron chi connectivity index (χ2n) is 17.0. The first-order chi connectivity index (χ1) is 26.8. The van der Waals surface area contributed by atoms with E-state index in [1.807, 2.05) is 41.5 Å². The zero-order valence-corrected chi connectivity index (χ0v) is 35.4. The van der Waals surface area contributed by atoms with Crippen LogP contribution < -0.4 is 15.0 Å². The van der Waals surface area contributed by atoms with Crippen LogP contribution in [0.4, 0.5) is 17.5 Å². The Bertz CT molecular complexity index is 2190. The number of rotatable bonds is 11. The van der Waals surface area contributed by atoms with Gasteiger partial charge in [-0.05, 0) is 80.2 Å². The standard InChI is InChI=1S/C40H56N10O6S/c1-25-23-50(13-11-28(25)38(52)56-39(4,5)6)37(51)31-21-42-34(22-41-31)49-16-14-48(15-17-49)12-10-18-55-32-20-30-29(19-33(32)57(53,54)40(7,8)9)36(44-24-43-30)45-35-26(2)27(3)46-47-35/h19-22,24-25,28H,10-18,23H2,1-9H3,(H2,43,44,45,46,47)/t25-,28?/m1/s1. The maximum Gasteiger partial charge on any atom is 0.309 e. The Balaban J connectivity index is 1.02. The van der Waals surface area contributed by atoms with Crippen molar-refractivity contribution in [3.63, 3.8) is 0 Å². The lowest BCUT2D eigenvalue weighted by Gasteiger charge is -2.37. The smallest absolute Gasteiger partial charge is 0.309 e. The number of aromatic amines is 1. The van der Waals surface area contributed by atoms with Crippen molar-refractivity contribution >= 4 is 50.1 Å². The number of nitrogens with zero attached hydrogens (tertiary/aromatic N) is 8. The maximum atomic E-state index is 13.9. The molecule has 2 fully saturated rings. The quantitative estimate of drug-likeness (QED) is 0.150. The highest BCUT2D eigenvalue weighted by Gasteiger charge is 2.37. The summed E-state index contributed by atoms with van der Waals surface area (Å²) in [6.07, 6.45) is 5.86. The van der Waals surface area contributed by atoms with E-state index in [9.17, 15) is 18.0 Å². The molecule has 0 aliphatic carbocycles. The molecular weight excluding hydrogens is 749 g/mol. The number of piperazine rings is 1. The molecule has 17 heteroatoms. The van der Waals surface area contributed by atoms with Gasteiger partial charge in [0.05, 0.1) is 35.2 Å². The number of carbonyl (C=O) groups excluding carboxylic acids is 2. The molecule has 2 atom stereocenters. The van der Waals surface area contributed by atoms with Crippen LogP contribution in [0.2, 0.25) is 0 Å². The molecule has 3 aromatic heterocycles. The van der Waals surface area contributed by atoms with Crippen molar-refractivity contribution in [3.05, 3.63) is 47.8 Å². The number of H-pyrrole nitrogens is 1. The van der Waals surface area contributed by atoms with Crippen LogP contribution in [-0.4, -0.2) is 123 Å². The molecule has 0 bridgehead atoms. The molecule has 0 saturated carbocycles. The minimum absolute atomic E-state index is 0.0255. The first-order valence-corrected chi connectivity index (χ1v) is 21.1. The van der Waals surface area contributed by atoms with Gasteiger partial charge in [-0.3, -0.25) is 19.6 Å². The van der Waals surface area contributed by atoms with Crippen molar-refractivity contribution in [2.75, 3.05) is 62.6 Å². The van der Waals surface area contributed by atoms with Crippen molar-refractivity contribution in [1.29, 1.82) is 0 Å². The van der Waals surface area contributed by atoms with E-state index in [1.54, 1.807) is 44.0 Å². The van der Waals surface area contributed by atoms with Crippen molar-refractivity contribution in [2.45, 2.75) is 90.4 Å². The summed E-state index contributed by atoms with van der Waals surface area (Å²) < 4.78 is 38.5. The molecule has 0 radical (unpaired) electrons. The summed E-state index contributed by atoms with van der Waals surface area (Å²) >= 11 is 0. The van der Waals surface area contributed by atoms with Crippen molar-refractivity contribution in [2.24, 2.45) is 11.8 Å². The van der Waals surface area contributed by atoms with Gasteiger partial charge in [0.15, 0.2) is 15.7 Å². The number of esters is 1. The highest BCUT2D eigenvalue weighted by molar-refractivity contribution is 7.92. The minimum Gasteiger partial charge on any atom is -0.492 e. The summed E-state index contributed by atoms with van der Waals surface area (Å²) in [5.41, 5.74) is 2.14. The third kappa shape index (κ3) is 9.46. The number of sulfone groups is 1. The van der Waals surface area contributed by atoms with E-state index in [2.05, 4.69) is 45.2 Å². The Kier molecular flexibility index (Phi) is 12.1. The zero-order chi connectivity index (χ0) is 41.3. The SMILES string of the molecule is Cc1[nH]nc(Nc2ncnc3cc(OCCCN4CCN(c5cnc(C(=O)N6CCC(C(=O)OC(C)(C)C)[C@H](C)C6)cn5)CC4)c(S(=O)(=O)C(C)(C)C)cc23)c1C. The molecule has 0 spiro atoms. The van der Waals surface area contributed by atoms with Gasteiger partial charge in [0.1, 0.15) is 39.9 Å². The van der Waals surface area contributed by atoms with Crippen molar-refractivity contribution in [3.8, 4) is 5.75 Å². The van der Waals surface area contributed by atoms with Crippen LogP contribution in [0.5, 0.6) is 5.75 Å². The molecule has 2 N–H and O–H groups in total. The first-order valence-electron chi connectivity index (χ1n) is 19.6. The number of amides is 1. The summed E-state index contributed by atoms with van der Waals surface area (Å²) in [5, 5.41) is 11.0. The van der Waals surface area contributed by atoms with Crippen LogP contribution in [0.3, 0.4) is 0 Å². The Morgan fingerprint density at radius 1 is 0.947 bits per heavy atom. The number of fused-ring (bicyclic) bond motifs is 1. The monoisotopic (exact) mass is 804 g/mol. The van der Waals surface area contributed by atoms with Gasteiger partial charge in [-0.25, -0.2) is 28.4 Å². The fourth-order valence-electron chi connectivity index (χ4n) is 7.02. The number of nitrogens with one attached hydrogen (secondary N) is 2. The number of likely N-dealkylation sites (tertiary alicyclic amines) is 1. The van der Waals surface area contributed by atoms with Crippen LogP contribution >= 0.6 is 0 Å². The van der Waals surface area contributed by atoms with Gasteiger partial charge >= 0.3 is 5.97 Å². The Morgan fingerprint density at radius 2 is 1.68 bits per heavy atom. The molecule has 2 aliphatic rings. The Hall–Kier alpha value is -4.90. The highest BCUT2D eigenvalue weighted by Crippen LogP contribution is 2.37. The van der Waals surface area contributed by atoms with Crippen molar-refractivity contribution < 1.29 is 27.5 Å². The van der Waals surface area contributed by atoms with Gasteiger partial charge in [0.25, 0.3) is 5.91 Å². The van der Waals surface area contributed by atoms with Crippen LogP contribution in [0.25, 0.3) is 10.9 Å². The third-order valence-electron chi connectivity index (χ3n) is 10.6. The predicted octanol–water partition coefficient (Wildman–Crippen LogP) is 5.11. The molecule has 2 saturated heterocycles. The van der Waals surface area contributed by atoms with E-state index < -0.39 is 20.2 Å². The fourth-order valence-corrected chi connectivity index (χ4v) is 8.34. The molecule has 6 rings (SSSR count). The number of hydrogen-bond donors (Lipinski definition) is 2. The topological polar surface area (TPSA) is 189 Å². The molecule has 308 valence electrons. The van der Waals surface area contributed by atoms with Gasteiger partial charge < -0.3 is 24.6 Å². The van der Waals surface area contributed by atoms with Gasteiger partial charge in [0, 0.05) is 68.5 Å². The van der Waals surface area contributed by atoms with Crippen LogP contribution in [0, 0.1) is 25.7 Å². The fraction of sp³-hybridized carbons (Fsp3) is 0.575. The van der Waals surface area contributed by atoms with E-state index >= 15 is 0 Å². The van der Waals surface area contributed by atoms with E-state index in [-0.39, 0.29) is 40.1 Å². The number of benzene rings is 1. The molecule has 1 amide bonds. The summed E-state index contributed by atoms with van der Waals surface area (Å²) in [4.78, 5) is 50.2. The summed E-state index contributed by atoms with van der Waals surface area (Å²) in [5.74, 6) is 1.37. The number of hydrogen-bond acceptors (Lipinski definition) is 14. The number of piperidine rings is 1. The third-order valence-corrected chi connectivity index (χ3v) is 13.1. The van der Waals surface area contributed by atoms with Crippen LogP contribution in [-0.2, 0) is 19.4 Å². The molecule has 1 aromatic carbocycles. The van der Waals surface area contributed by atoms with E-state index in [0.29, 0.717) is 60.9 Å². The normalized spacial score (nSPS) is 18.5. The average Bonchev–Trinajstić information content (AvgIpc) is 3.47. The van der Waals surface area contributed by atoms with Gasteiger partial charge in [-0.2, -0.15) is 5.10 Å². The molecule has 57 heavy (non-hydrogen) atoms. The molecule has 2 aliphatic heterocycles. The highest BCUT2D eigenvalue weighted by atomic mass is 32.2. The number of aryl methyl sites for hydroxylation is 1. The maximum absolute atomic E-state index is 13.9. The molecule has 4 aromatic rings. The first kappa shape index (κ1) is 41.7. The van der Waals surface area contributed by atoms with E-state index in [0.717, 1.165) is 44.0 Å². The number of anilines is 3. The number of aromatic nitrogens is 6. The molecule has 16 nitrogen and oxygen atoms in total. The average molecular weight is 805 g/mol. The van der Waals surface area contributed by atoms with Crippen LogP contribution in [0.1, 0.15) is 83.1 Å². The predicted molar refractivity (Wildman–Crippen MR) is 218 cm³/mol. The van der Waals surface area contributed by atoms with E-state index in [4.69, 9.17) is 9.47 Å². The van der Waals surface area contributed by atoms with Crippen LogP contribution in [0.15, 0.2) is 35.7 Å². The second kappa shape index (κ2) is 16.5. The number of ether oxygens (including phenoxy) is 2. The van der Waals surface area contributed by atoms with E-state index in [1.165, 1.54) is 12.5 Å². The lowest BCUT2D eigenvalue weighted by molar-refractivity contribution is -0.163. The Morgan fingerprint density at radius 3 is 2.30 bits per heavy atom. The van der Waals surface area contributed by atoms with Gasteiger partial charge in [0.2, 0.25) is 0 Å². The lowest BCUT2D eigenvalue weighted by Crippen LogP contribution is -2.47. The minimum atomic E-state index is -3.80. The summed E-state index contributed by atoms with van der Waals surface area (Å²) in [6, 6.07) is 3.28.